The number of hydrogen-bond donors (Lipinski definition) is 1. The van der Waals surface area contributed by atoms with Crippen molar-refractivity contribution in [2.24, 2.45) is 0 Å². The summed E-state index contributed by atoms with van der Waals surface area (Å²) in [5, 5.41) is 7.37. The number of halogens is 2. The van der Waals surface area contributed by atoms with Gasteiger partial charge in [0.25, 0.3) is 0 Å². The van der Waals surface area contributed by atoms with Crippen molar-refractivity contribution in [1.29, 1.82) is 0 Å². The molecule has 3 aromatic rings. The highest BCUT2D eigenvalue weighted by atomic mass is 32.2. The molecule has 1 saturated heterocycles. The molecule has 3 heterocycles. The molecule has 1 aromatic carbocycles. The molecule has 0 amide bonds. The molecule has 0 radical (unpaired) electrons. The number of anilines is 2. The number of hydrogen-bond acceptors (Lipinski definition) is 7. The van der Waals surface area contributed by atoms with E-state index in [0.717, 1.165) is 4.68 Å². The van der Waals surface area contributed by atoms with E-state index in [2.05, 4.69) is 29.8 Å². The number of para-hydroxylation sites is 1. The van der Waals surface area contributed by atoms with Crippen molar-refractivity contribution in [3.63, 3.8) is 0 Å². The van der Waals surface area contributed by atoms with E-state index in [9.17, 15) is 17.2 Å². The number of pyridine rings is 1. The standard InChI is InChI=1S/C21H25F2N7O2S/c1-15(2)33(31,32)26-19-7-4-8-20(24-19)29-11-9-28(10-12-29)13-16-14-30(27-25-16)21-17(22)5-3-6-18(21)23/h3-8,14-15H,9-13H2,1-2H3,(H,24,26). The van der Waals surface area contributed by atoms with Crippen LogP contribution in [0.5, 0.6) is 0 Å². The Balaban J connectivity index is 1.37. The van der Waals surface area contributed by atoms with E-state index in [1.165, 1.54) is 24.4 Å². The van der Waals surface area contributed by atoms with E-state index >= 15 is 0 Å². The summed E-state index contributed by atoms with van der Waals surface area (Å²) in [4.78, 5) is 8.69. The lowest BCUT2D eigenvalue weighted by Gasteiger charge is -2.35. The summed E-state index contributed by atoms with van der Waals surface area (Å²) in [7, 11) is -3.47. The number of nitrogens with one attached hydrogen (secondary N) is 1. The third kappa shape index (κ3) is 5.28. The van der Waals surface area contributed by atoms with Crippen molar-refractivity contribution in [3.8, 4) is 5.69 Å². The highest BCUT2D eigenvalue weighted by Crippen LogP contribution is 2.20. The Morgan fingerprint density at radius 1 is 1.03 bits per heavy atom. The van der Waals surface area contributed by atoms with Crippen LogP contribution in [0.2, 0.25) is 0 Å². The van der Waals surface area contributed by atoms with E-state index in [4.69, 9.17) is 0 Å². The van der Waals surface area contributed by atoms with Crippen molar-refractivity contribution in [2.45, 2.75) is 25.6 Å². The van der Waals surface area contributed by atoms with Crippen LogP contribution in [0.25, 0.3) is 5.69 Å². The fourth-order valence-corrected chi connectivity index (χ4v) is 4.11. The van der Waals surface area contributed by atoms with E-state index in [0.29, 0.717) is 50.1 Å². The quantitative estimate of drug-likeness (QED) is 0.558. The fourth-order valence-electron chi connectivity index (χ4n) is 3.47. The van der Waals surface area contributed by atoms with Crippen molar-refractivity contribution in [3.05, 3.63) is 59.9 Å². The average Bonchev–Trinajstić information content (AvgIpc) is 3.22. The second kappa shape index (κ2) is 9.40. The third-order valence-electron chi connectivity index (χ3n) is 5.39. The van der Waals surface area contributed by atoms with E-state index < -0.39 is 26.9 Å². The second-order valence-electron chi connectivity index (χ2n) is 8.06. The van der Waals surface area contributed by atoms with E-state index in [1.54, 1.807) is 26.0 Å². The third-order valence-corrected chi connectivity index (χ3v) is 7.13. The number of rotatable bonds is 7. The predicted molar refractivity (Wildman–Crippen MR) is 121 cm³/mol. The maximum atomic E-state index is 14.0. The largest absolute Gasteiger partial charge is 0.354 e. The molecule has 0 atom stereocenters. The molecular weight excluding hydrogens is 452 g/mol. The molecule has 0 aliphatic carbocycles. The number of sulfonamides is 1. The van der Waals surface area contributed by atoms with Crippen molar-refractivity contribution in [2.75, 3.05) is 35.8 Å². The molecule has 176 valence electrons. The van der Waals surface area contributed by atoms with Crippen LogP contribution in [0.15, 0.2) is 42.6 Å². The van der Waals surface area contributed by atoms with Gasteiger partial charge in [-0.05, 0) is 38.1 Å². The Labute approximate surface area is 191 Å². The molecule has 33 heavy (non-hydrogen) atoms. The summed E-state index contributed by atoms with van der Waals surface area (Å²) in [6, 6.07) is 8.90. The fraction of sp³-hybridized carbons (Fsp3) is 0.381. The van der Waals surface area contributed by atoms with Crippen LogP contribution in [-0.4, -0.2) is 64.7 Å². The highest BCUT2D eigenvalue weighted by molar-refractivity contribution is 7.93. The molecule has 1 fully saturated rings. The molecule has 0 bridgehead atoms. The van der Waals surface area contributed by atoms with Gasteiger partial charge in [0, 0.05) is 32.7 Å². The Morgan fingerprint density at radius 2 is 1.70 bits per heavy atom. The molecule has 1 N–H and O–H groups in total. The molecule has 9 nitrogen and oxygen atoms in total. The van der Waals surface area contributed by atoms with E-state index in [1.807, 2.05) is 6.07 Å². The first kappa shape index (κ1) is 23.1. The van der Waals surface area contributed by atoms with Gasteiger partial charge in [-0.25, -0.2) is 26.9 Å². The van der Waals surface area contributed by atoms with Crippen LogP contribution in [-0.2, 0) is 16.6 Å². The zero-order valence-electron chi connectivity index (χ0n) is 18.3. The molecule has 0 unspecified atom stereocenters. The average molecular weight is 478 g/mol. The molecule has 0 saturated carbocycles. The monoisotopic (exact) mass is 477 g/mol. The van der Waals surface area contributed by atoms with Gasteiger partial charge in [0.2, 0.25) is 10.0 Å². The predicted octanol–water partition coefficient (Wildman–Crippen LogP) is 2.41. The maximum Gasteiger partial charge on any atom is 0.236 e. The molecule has 2 aromatic heterocycles. The molecular formula is C21H25F2N7O2S. The van der Waals surface area contributed by atoms with Crippen LogP contribution >= 0.6 is 0 Å². The number of aromatic nitrogens is 4. The summed E-state index contributed by atoms with van der Waals surface area (Å²) in [5.74, 6) is -0.420. The minimum atomic E-state index is -3.47. The van der Waals surface area contributed by atoms with E-state index in [-0.39, 0.29) is 5.69 Å². The molecule has 0 spiro atoms. The van der Waals surface area contributed by atoms with Gasteiger partial charge in [-0.2, -0.15) is 0 Å². The van der Waals surface area contributed by atoms with Crippen LogP contribution in [0, 0.1) is 11.6 Å². The SMILES string of the molecule is CC(C)S(=O)(=O)Nc1cccc(N2CCN(Cc3cn(-c4c(F)cccc4F)nn3)CC2)n1. The summed E-state index contributed by atoms with van der Waals surface area (Å²) < 4.78 is 55.8. The highest BCUT2D eigenvalue weighted by Gasteiger charge is 2.21. The van der Waals surface area contributed by atoms with Gasteiger partial charge in [-0.3, -0.25) is 9.62 Å². The number of piperazine rings is 1. The maximum absolute atomic E-state index is 14.0. The van der Waals surface area contributed by atoms with Gasteiger partial charge >= 0.3 is 0 Å². The van der Waals surface area contributed by atoms with Gasteiger partial charge in [0.05, 0.1) is 17.1 Å². The second-order valence-corrected chi connectivity index (χ2v) is 10.3. The first-order valence-electron chi connectivity index (χ1n) is 10.5. The normalized spacial score (nSPS) is 15.2. The number of benzene rings is 1. The topological polar surface area (TPSA) is 96.2 Å². The summed E-state index contributed by atoms with van der Waals surface area (Å²) in [5.41, 5.74) is 0.356. The Bertz CT molecular complexity index is 1200. The molecule has 4 rings (SSSR count). The summed E-state index contributed by atoms with van der Waals surface area (Å²) in [6.45, 7) is 6.50. The lowest BCUT2D eigenvalue weighted by Crippen LogP contribution is -2.46. The van der Waals surface area contributed by atoms with Crippen LogP contribution in [0.3, 0.4) is 0 Å². The molecule has 1 aliphatic rings. The van der Waals surface area contributed by atoms with Gasteiger partial charge in [0.15, 0.2) is 11.6 Å². The molecule has 1 aliphatic heterocycles. The van der Waals surface area contributed by atoms with Gasteiger partial charge in [-0.15, -0.1) is 5.10 Å². The lowest BCUT2D eigenvalue weighted by molar-refractivity contribution is 0.246. The lowest BCUT2D eigenvalue weighted by atomic mass is 10.2. The van der Waals surface area contributed by atoms with Crippen molar-refractivity contribution in [1.82, 2.24) is 24.9 Å². The minimum absolute atomic E-state index is 0.250. The Morgan fingerprint density at radius 3 is 2.36 bits per heavy atom. The zero-order valence-corrected chi connectivity index (χ0v) is 19.1. The molecule has 12 heteroatoms. The first-order valence-corrected chi connectivity index (χ1v) is 12.1. The Hall–Kier alpha value is -3.12. The summed E-state index contributed by atoms with van der Waals surface area (Å²) >= 11 is 0. The zero-order chi connectivity index (χ0) is 23.6. The summed E-state index contributed by atoms with van der Waals surface area (Å²) in [6.07, 6.45) is 1.53. The van der Waals surface area contributed by atoms with Gasteiger partial charge < -0.3 is 4.90 Å². The van der Waals surface area contributed by atoms with Crippen LogP contribution < -0.4 is 9.62 Å². The van der Waals surface area contributed by atoms with Crippen LogP contribution in [0.4, 0.5) is 20.4 Å². The smallest absolute Gasteiger partial charge is 0.236 e. The van der Waals surface area contributed by atoms with Crippen LogP contribution in [0.1, 0.15) is 19.5 Å². The Kier molecular flexibility index (Phi) is 6.56. The van der Waals surface area contributed by atoms with Gasteiger partial charge in [0.1, 0.15) is 17.3 Å². The van der Waals surface area contributed by atoms with Crippen molar-refractivity contribution >= 4 is 21.7 Å². The first-order chi connectivity index (χ1) is 15.7. The van der Waals surface area contributed by atoms with Crippen molar-refractivity contribution < 1.29 is 17.2 Å². The van der Waals surface area contributed by atoms with Gasteiger partial charge in [-0.1, -0.05) is 17.3 Å². The number of nitrogens with zero attached hydrogens (tertiary/aromatic N) is 6. The minimum Gasteiger partial charge on any atom is -0.354 e.